The second-order valence-corrected chi connectivity index (χ2v) is 7.41. The Bertz CT molecular complexity index is 591. The lowest BCUT2D eigenvalue weighted by Crippen LogP contribution is -2.41. The molecule has 0 aromatic heterocycles. The standard InChI is InChI=1S/C17H24F2N2O4S/c1-17(2,3)25-16(24)20-8-9-21(10-11-22)14(23)12-4-6-13(7-5-12)26-15(18)19/h4-7,15,22H,8-11H2,1-3H3,(H,20,24). The van der Waals surface area contributed by atoms with Crippen LogP contribution in [0, 0.1) is 0 Å². The van der Waals surface area contributed by atoms with Crippen molar-refractivity contribution >= 4 is 23.8 Å². The maximum atomic E-state index is 12.5. The average molecular weight is 390 g/mol. The minimum atomic E-state index is -2.53. The van der Waals surface area contributed by atoms with E-state index in [1.54, 1.807) is 20.8 Å². The first-order chi connectivity index (χ1) is 12.1. The number of nitrogens with one attached hydrogen (secondary N) is 1. The van der Waals surface area contributed by atoms with Gasteiger partial charge in [-0.25, -0.2) is 4.79 Å². The van der Waals surface area contributed by atoms with Crippen LogP contribution in [0.3, 0.4) is 0 Å². The molecule has 0 saturated carbocycles. The van der Waals surface area contributed by atoms with Gasteiger partial charge in [0.05, 0.1) is 6.61 Å². The first kappa shape index (κ1) is 22.2. The fraction of sp³-hybridized carbons (Fsp3) is 0.529. The number of carbonyl (C=O) groups excluding carboxylic acids is 2. The van der Waals surface area contributed by atoms with Gasteiger partial charge in [-0.05, 0) is 45.0 Å². The topological polar surface area (TPSA) is 78.9 Å². The van der Waals surface area contributed by atoms with E-state index in [1.807, 2.05) is 0 Å². The summed E-state index contributed by atoms with van der Waals surface area (Å²) in [6.45, 7) is 5.39. The van der Waals surface area contributed by atoms with Crippen molar-refractivity contribution < 1.29 is 28.2 Å². The van der Waals surface area contributed by atoms with E-state index in [0.29, 0.717) is 22.2 Å². The molecule has 0 bridgehead atoms. The highest BCUT2D eigenvalue weighted by Crippen LogP contribution is 2.25. The minimum absolute atomic E-state index is 0.0857. The number of halogens is 2. The van der Waals surface area contributed by atoms with Gasteiger partial charge in [0.15, 0.2) is 0 Å². The smallest absolute Gasteiger partial charge is 0.407 e. The van der Waals surface area contributed by atoms with E-state index in [0.717, 1.165) is 0 Å². The highest BCUT2D eigenvalue weighted by molar-refractivity contribution is 7.99. The maximum Gasteiger partial charge on any atom is 0.407 e. The van der Waals surface area contributed by atoms with Gasteiger partial charge in [-0.3, -0.25) is 4.79 Å². The van der Waals surface area contributed by atoms with Gasteiger partial charge in [0.25, 0.3) is 11.7 Å². The Balaban J connectivity index is 2.62. The molecule has 0 spiro atoms. The Morgan fingerprint density at radius 2 is 1.85 bits per heavy atom. The molecule has 146 valence electrons. The lowest BCUT2D eigenvalue weighted by atomic mass is 10.2. The predicted octanol–water partition coefficient (Wildman–Crippen LogP) is 2.96. The molecule has 2 N–H and O–H groups in total. The summed E-state index contributed by atoms with van der Waals surface area (Å²) in [4.78, 5) is 25.8. The summed E-state index contributed by atoms with van der Waals surface area (Å²) in [7, 11) is 0. The van der Waals surface area contributed by atoms with Crippen molar-refractivity contribution in [1.82, 2.24) is 10.2 Å². The molecular weight excluding hydrogens is 366 g/mol. The second kappa shape index (κ2) is 10.3. The monoisotopic (exact) mass is 390 g/mol. The minimum Gasteiger partial charge on any atom is -0.444 e. The molecule has 6 nitrogen and oxygen atoms in total. The first-order valence-electron chi connectivity index (χ1n) is 8.04. The summed E-state index contributed by atoms with van der Waals surface area (Å²) in [6.07, 6.45) is -0.595. The number of aliphatic hydroxyl groups excluding tert-OH is 1. The zero-order chi connectivity index (χ0) is 19.7. The molecule has 0 fully saturated rings. The third kappa shape index (κ3) is 8.48. The molecule has 0 heterocycles. The molecule has 0 atom stereocenters. The van der Waals surface area contributed by atoms with Crippen LogP contribution < -0.4 is 5.32 Å². The van der Waals surface area contributed by atoms with E-state index in [-0.39, 0.29) is 32.1 Å². The quantitative estimate of drug-likeness (QED) is 0.667. The fourth-order valence-corrected chi connectivity index (χ4v) is 2.50. The highest BCUT2D eigenvalue weighted by Gasteiger charge is 2.18. The first-order valence-corrected chi connectivity index (χ1v) is 8.92. The summed E-state index contributed by atoms with van der Waals surface area (Å²) in [5.41, 5.74) is -0.308. The van der Waals surface area contributed by atoms with Gasteiger partial charge in [0.2, 0.25) is 0 Å². The van der Waals surface area contributed by atoms with Crippen LogP contribution in [0.5, 0.6) is 0 Å². The van der Waals surface area contributed by atoms with Crippen LogP contribution in [0.25, 0.3) is 0 Å². The number of rotatable bonds is 8. The molecule has 9 heteroatoms. The molecule has 1 aromatic rings. The number of thioether (sulfide) groups is 1. The summed E-state index contributed by atoms with van der Waals surface area (Å²) in [5, 5.41) is 11.7. The number of hydrogen-bond donors (Lipinski definition) is 2. The Morgan fingerprint density at radius 3 is 2.35 bits per heavy atom. The summed E-state index contributed by atoms with van der Waals surface area (Å²) < 4.78 is 29.8. The van der Waals surface area contributed by atoms with Crippen LogP contribution in [0.1, 0.15) is 31.1 Å². The molecule has 0 unspecified atom stereocenters. The summed E-state index contributed by atoms with van der Waals surface area (Å²) >= 11 is 0.399. The lowest BCUT2D eigenvalue weighted by Gasteiger charge is -2.23. The van der Waals surface area contributed by atoms with Crippen LogP contribution in [-0.2, 0) is 4.74 Å². The Hall–Kier alpha value is -1.87. The van der Waals surface area contributed by atoms with Gasteiger partial charge in [-0.2, -0.15) is 8.78 Å². The van der Waals surface area contributed by atoms with Crippen LogP contribution >= 0.6 is 11.8 Å². The number of nitrogens with zero attached hydrogens (tertiary/aromatic N) is 1. The van der Waals surface area contributed by atoms with Gasteiger partial charge in [-0.1, -0.05) is 11.8 Å². The molecule has 2 amide bonds. The number of aliphatic hydroxyl groups is 1. The Morgan fingerprint density at radius 1 is 1.23 bits per heavy atom. The zero-order valence-corrected chi connectivity index (χ0v) is 15.8. The molecule has 1 aromatic carbocycles. The van der Waals surface area contributed by atoms with Gasteiger partial charge < -0.3 is 20.1 Å². The van der Waals surface area contributed by atoms with Gasteiger partial charge in [0.1, 0.15) is 5.60 Å². The molecule has 1 rings (SSSR count). The summed E-state index contributed by atoms with van der Waals surface area (Å²) in [6, 6.07) is 5.80. The van der Waals surface area contributed by atoms with E-state index in [1.165, 1.54) is 29.2 Å². The van der Waals surface area contributed by atoms with Crippen molar-refractivity contribution in [1.29, 1.82) is 0 Å². The molecule has 26 heavy (non-hydrogen) atoms. The second-order valence-electron chi connectivity index (χ2n) is 6.35. The van der Waals surface area contributed by atoms with Crippen molar-refractivity contribution in [3.63, 3.8) is 0 Å². The van der Waals surface area contributed by atoms with Crippen molar-refractivity contribution in [2.75, 3.05) is 26.2 Å². The molecule has 0 aliphatic carbocycles. The average Bonchev–Trinajstić information content (AvgIpc) is 2.52. The van der Waals surface area contributed by atoms with Gasteiger partial charge in [-0.15, -0.1) is 0 Å². The number of carbonyl (C=O) groups is 2. The third-order valence-electron chi connectivity index (χ3n) is 3.03. The van der Waals surface area contributed by atoms with Crippen molar-refractivity contribution in [3.8, 4) is 0 Å². The molecule has 0 radical (unpaired) electrons. The van der Waals surface area contributed by atoms with Gasteiger partial charge in [0, 0.05) is 30.1 Å². The Labute approximate surface area is 155 Å². The molecule has 0 saturated heterocycles. The number of benzene rings is 1. The molecule has 0 aliphatic rings. The molecule has 0 aliphatic heterocycles. The van der Waals surface area contributed by atoms with E-state index < -0.39 is 17.5 Å². The number of alkyl carbamates (subject to hydrolysis) is 1. The predicted molar refractivity (Wildman–Crippen MR) is 95.5 cm³/mol. The SMILES string of the molecule is CC(C)(C)OC(=O)NCCN(CCO)C(=O)c1ccc(SC(F)F)cc1. The maximum absolute atomic E-state index is 12.5. The largest absolute Gasteiger partial charge is 0.444 e. The lowest BCUT2D eigenvalue weighted by molar-refractivity contribution is 0.0511. The zero-order valence-electron chi connectivity index (χ0n) is 15.0. The van der Waals surface area contributed by atoms with Crippen LogP contribution in [0.15, 0.2) is 29.2 Å². The number of ether oxygens (including phenoxy) is 1. The van der Waals surface area contributed by atoms with Gasteiger partial charge >= 0.3 is 6.09 Å². The number of alkyl halides is 2. The number of hydrogen-bond acceptors (Lipinski definition) is 5. The Kier molecular flexibility index (Phi) is 8.80. The highest BCUT2D eigenvalue weighted by atomic mass is 32.2. The number of amides is 2. The van der Waals surface area contributed by atoms with Crippen LogP contribution in [-0.4, -0.2) is 59.6 Å². The molecular formula is C17H24F2N2O4S. The van der Waals surface area contributed by atoms with Crippen LogP contribution in [0.2, 0.25) is 0 Å². The van der Waals surface area contributed by atoms with Crippen molar-refractivity contribution in [3.05, 3.63) is 29.8 Å². The van der Waals surface area contributed by atoms with E-state index in [4.69, 9.17) is 9.84 Å². The summed E-state index contributed by atoms with van der Waals surface area (Å²) in [5.74, 6) is -2.89. The fourth-order valence-electron chi connectivity index (χ4n) is 2.00. The van der Waals surface area contributed by atoms with Crippen molar-refractivity contribution in [2.24, 2.45) is 0 Å². The van der Waals surface area contributed by atoms with E-state index in [9.17, 15) is 18.4 Å². The van der Waals surface area contributed by atoms with Crippen LogP contribution in [0.4, 0.5) is 13.6 Å². The normalized spacial score (nSPS) is 11.3. The van der Waals surface area contributed by atoms with E-state index >= 15 is 0 Å². The van der Waals surface area contributed by atoms with E-state index in [2.05, 4.69) is 5.32 Å². The third-order valence-corrected chi connectivity index (χ3v) is 3.76. The van der Waals surface area contributed by atoms with Crippen molar-refractivity contribution in [2.45, 2.75) is 37.0 Å².